The molecule has 2 N–H and O–H groups in total. The van der Waals surface area contributed by atoms with Gasteiger partial charge in [-0.25, -0.2) is 5.01 Å². The molecule has 0 spiro atoms. The van der Waals surface area contributed by atoms with Gasteiger partial charge in [0, 0.05) is 19.6 Å². The molecule has 0 aromatic heterocycles. The Morgan fingerprint density at radius 1 is 1.16 bits per heavy atom. The van der Waals surface area contributed by atoms with E-state index in [9.17, 15) is 5.11 Å². The molecule has 0 amide bonds. The molecule has 2 fully saturated rings. The molecule has 0 bridgehead atoms. The van der Waals surface area contributed by atoms with Crippen LogP contribution in [0.15, 0.2) is 0 Å². The molecule has 1 aliphatic heterocycles. The van der Waals surface area contributed by atoms with Crippen molar-refractivity contribution < 1.29 is 9.84 Å². The topological polar surface area (TPSA) is 44.7 Å². The van der Waals surface area contributed by atoms with Crippen molar-refractivity contribution in [3.05, 3.63) is 0 Å². The van der Waals surface area contributed by atoms with Crippen LogP contribution in [0.5, 0.6) is 0 Å². The molecule has 112 valence electrons. The van der Waals surface area contributed by atoms with E-state index >= 15 is 0 Å². The summed E-state index contributed by atoms with van der Waals surface area (Å²) in [6, 6.07) is 0. The second-order valence-electron chi connectivity index (χ2n) is 6.28. The lowest BCUT2D eigenvalue weighted by molar-refractivity contribution is -0.0337. The second kappa shape index (κ2) is 8.20. The standard InChI is InChI=1S/C15H30N2O2/c1-13-5-7-15(8-6-13)19-12-14(18)11-16-17-9-3-2-4-10-17/h13-16,18H,2-12H2,1H3. The van der Waals surface area contributed by atoms with E-state index in [1.807, 2.05) is 0 Å². The van der Waals surface area contributed by atoms with Gasteiger partial charge in [0.25, 0.3) is 0 Å². The molecule has 1 saturated carbocycles. The van der Waals surface area contributed by atoms with Gasteiger partial charge in [0.2, 0.25) is 0 Å². The Bertz CT molecular complexity index is 236. The van der Waals surface area contributed by atoms with Crippen molar-refractivity contribution in [1.82, 2.24) is 10.4 Å². The van der Waals surface area contributed by atoms with Gasteiger partial charge in [0.15, 0.2) is 0 Å². The molecule has 4 heteroatoms. The number of nitrogens with one attached hydrogen (secondary N) is 1. The minimum absolute atomic E-state index is 0.376. The van der Waals surface area contributed by atoms with E-state index in [-0.39, 0.29) is 6.10 Å². The monoisotopic (exact) mass is 270 g/mol. The molecule has 0 aromatic carbocycles. The third-order valence-electron chi connectivity index (χ3n) is 4.39. The van der Waals surface area contributed by atoms with E-state index in [1.165, 1.54) is 32.1 Å². The van der Waals surface area contributed by atoms with Gasteiger partial charge >= 0.3 is 0 Å². The molecule has 2 rings (SSSR count). The molecule has 1 saturated heterocycles. The first kappa shape index (κ1) is 15.2. The average Bonchev–Trinajstić information content (AvgIpc) is 2.45. The molecule has 1 atom stereocenters. The largest absolute Gasteiger partial charge is 0.389 e. The summed E-state index contributed by atoms with van der Waals surface area (Å²) >= 11 is 0. The van der Waals surface area contributed by atoms with Gasteiger partial charge in [-0.15, -0.1) is 0 Å². The normalized spacial score (nSPS) is 31.3. The van der Waals surface area contributed by atoms with Crippen LogP contribution in [0, 0.1) is 5.92 Å². The van der Waals surface area contributed by atoms with Crippen LogP contribution in [-0.2, 0) is 4.74 Å². The number of hydrogen-bond acceptors (Lipinski definition) is 4. The number of aliphatic hydroxyl groups is 1. The third-order valence-corrected chi connectivity index (χ3v) is 4.39. The minimum atomic E-state index is -0.388. The van der Waals surface area contributed by atoms with E-state index in [0.717, 1.165) is 31.8 Å². The van der Waals surface area contributed by atoms with E-state index in [2.05, 4.69) is 17.4 Å². The van der Waals surface area contributed by atoms with Crippen LogP contribution < -0.4 is 5.43 Å². The smallest absolute Gasteiger partial charge is 0.0911 e. The lowest BCUT2D eigenvalue weighted by Crippen LogP contribution is -2.46. The molecule has 0 aromatic rings. The maximum absolute atomic E-state index is 9.95. The maximum atomic E-state index is 9.95. The molecule has 1 heterocycles. The fourth-order valence-corrected chi connectivity index (χ4v) is 2.99. The molecule has 19 heavy (non-hydrogen) atoms. The van der Waals surface area contributed by atoms with Crippen molar-refractivity contribution in [2.24, 2.45) is 5.92 Å². The van der Waals surface area contributed by atoms with Crippen LogP contribution in [0.3, 0.4) is 0 Å². The number of nitrogens with zero attached hydrogens (tertiary/aromatic N) is 1. The third kappa shape index (κ3) is 5.78. The summed E-state index contributed by atoms with van der Waals surface area (Å²) in [4.78, 5) is 0. The van der Waals surface area contributed by atoms with Crippen molar-refractivity contribution in [1.29, 1.82) is 0 Å². The number of aliphatic hydroxyl groups excluding tert-OH is 1. The van der Waals surface area contributed by atoms with Gasteiger partial charge in [-0.05, 0) is 44.4 Å². The highest BCUT2D eigenvalue weighted by Crippen LogP contribution is 2.25. The fraction of sp³-hybridized carbons (Fsp3) is 1.00. The Hall–Kier alpha value is -0.160. The molecule has 1 unspecified atom stereocenters. The Kier molecular flexibility index (Phi) is 6.57. The zero-order valence-corrected chi connectivity index (χ0v) is 12.3. The summed E-state index contributed by atoms with van der Waals surface area (Å²) < 4.78 is 5.82. The van der Waals surface area contributed by atoms with Gasteiger partial charge < -0.3 is 9.84 Å². The van der Waals surface area contributed by atoms with Crippen LogP contribution in [0.2, 0.25) is 0 Å². The molecule has 1 aliphatic carbocycles. The summed E-state index contributed by atoms with van der Waals surface area (Å²) in [7, 11) is 0. The zero-order chi connectivity index (χ0) is 13.5. The first-order chi connectivity index (χ1) is 9.24. The van der Waals surface area contributed by atoms with Crippen molar-refractivity contribution >= 4 is 0 Å². The first-order valence-electron chi connectivity index (χ1n) is 8.02. The van der Waals surface area contributed by atoms with Gasteiger partial charge in [-0.3, -0.25) is 5.43 Å². The summed E-state index contributed by atoms with van der Waals surface area (Å²) in [6.45, 7) is 5.61. The van der Waals surface area contributed by atoms with Gasteiger partial charge in [0.1, 0.15) is 0 Å². The highest BCUT2D eigenvalue weighted by molar-refractivity contribution is 4.71. The summed E-state index contributed by atoms with van der Waals surface area (Å²) in [5.74, 6) is 0.852. The SMILES string of the molecule is CC1CCC(OCC(O)CNN2CCCCC2)CC1. The van der Waals surface area contributed by atoms with Crippen LogP contribution in [0.25, 0.3) is 0 Å². The Balaban J connectivity index is 1.52. The predicted octanol–water partition coefficient (Wildman–Crippen LogP) is 1.93. The van der Waals surface area contributed by atoms with Crippen LogP contribution >= 0.6 is 0 Å². The number of ether oxygens (including phenoxy) is 1. The number of hydrogen-bond donors (Lipinski definition) is 2. The van der Waals surface area contributed by atoms with E-state index in [4.69, 9.17) is 4.74 Å². The van der Waals surface area contributed by atoms with E-state index in [1.54, 1.807) is 0 Å². The molecular formula is C15H30N2O2. The first-order valence-corrected chi connectivity index (χ1v) is 8.02. The minimum Gasteiger partial charge on any atom is -0.389 e. The predicted molar refractivity (Wildman–Crippen MR) is 76.8 cm³/mol. The average molecular weight is 270 g/mol. The fourth-order valence-electron chi connectivity index (χ4n) is 2.99. The summed E-state index contributed by atoms with van der Waals surface area (Å²) in [5.41, 5.74) is 3.32. The highest BCUT2D eigenvalue weighted by atomic mass is 16.5. The number of piperidine rings is 1. The van der Waals surface area contributed by atoms with Gasteiger partial charge in [-0.1, -0.05) is 13.3 Å². The van der Waals surface area contributed by atoms with Crippen molar-refractivity contribution in [2.45, 2.75) is 64.1 Å². The Morgan fingerprint density at radius 2 is 1.84 bits per heavy atom. The van der Waals surface area contributed by atoms with Crippen LogP contribution in [0.1, 0.15) is 51.9 Å². The highest BCUT2D eigenvalue weighted by Gasteiger charge is 2.19. The molecule has 2 aliphatic rings. The lowest BCUT2D eigenvalue weighted by Gasteiger charge is -2.29. The summed E-state index contributed by atoms with van der Waals surface area (Å²) in [6.07, 6.45) is 8.71. The second-order valence-corrected chi connectivity index (χ2v) is 6.28. The van der Waals surface area contributed by atoms with Gasteiger partial charge in [0.05, 0.1) is 18.8 Å². The van der Waals surface area contributed by atoms with Crippen molar-refractivity contribution in [3.63, 3.8) is 0 Å². The van der Waals surface area contributed by atoms with Crippen LogP contribution in [-0.4, -0.2) is 48.6 Å². The molecule has 0 radical (unpaired) electrons. The Labute approximate surface area is 117 Å². The number of hydrazine groups is 1. The van der Waals surface area contributed by atoms with Crippen LogP contribution in [0.4, 0.5) is 0 Å². The quantitative estimate of drug-likeness (QED) is 0.774. The zero-order valence-electron chi connectivity index (χ0n) is 12.3. The maximum Gasteiger partial charge on any atom is 0.0911 e. The van der Waals surface area contributed by atoms with E-state index < -0.39 is 0 Å². The summed E-state index contributed by atoms with van der Waals surface area (Å²) in [5, 5.41) is 12.2. The Morgan fingerprint density at radius 3 is 2.53 bits per heavy atom. The molecular weight excluding hydrogens is 240 g/mol. The van der Waals surface area contributed by atoms with Crippen molar-refractivity contribution in [2.75, 3.05) is 26.2 Å². The molecule has 4 nitrogen and oxygen atoms in total. The van der Waals surface area contributed by atoms with E-state index in [0.29, 0.717) is 19.3 Å². The number of rotatable bonds is 6. The van der Waals surface area contributed by atoms with Gasteiger partial charge in [-0.2, -0.15) is 0 Å². The lowest BCUT2D eigenvalue weighted by atomic mass is 9.89. The van der Waals surface area contributed by atoms with Crippen molar-refractivity contribution in [3.8, 4) is 0 Å².